The third-order valence-corrected chi connectivity index (χ3v) is 16.1. The maximum atomic E-state index is 16.3. The first-order valence-corrected chi connectivity index (χ1v) is 26.9. The predicted molar refractivity (Wildman–Crippen MR) is 282 cm³/mol. The first-order valence-electron chi connectivity index (χ1n) is 24.7. The molecular formula is C54H55Cl6NO18. The number of carbonyl (C=O) groups is 7. The zero-order valence-corrected chi connectivity index (χ0v) is 48.0. The molecule has 3 aromatic carbocycles. The van der Waals surface area contributed by atoms with Crippen molar-refractivity contribution >= 4 is 112 Å². The van der Waals surface area contributed by atoms with Gasteiger partial charge in [0.05, 0.1) is 30.6 Å². The molecule has 0 spiro atoms. The number of hydrogen-bond donors (Lipinski definition) is 1. The van der Waals surface area contributed by atoms with Crippen molar-refractivity contribution < 1.29 is 86.0 Å². The zero-order valence-electron chi connectivity index (χ0n) is 43.4. The number of nitrogens with zero attached hydrogens (tertiary/aromatic N) is 1. The highest BCUT2D eigenvalue weighted by molar-refractivity contribution is 6.68. The van der Waals surface area contributed by atoms with Crippen molar-refractivity contribution in [1.82, 2.24) is 4.90 Å². The highest BCUT2D eigenvalue weighted by Crippen LogP contribution is 2.65. The van der Waals surface area contributed by atoms with E-state index in [-0.39, 0.29) is 23.1 Å². The van der Waals surface area contributed by atoms with Crippen LogP contribution in [0.1, 0.15) is 88.1 Å². The van der Waals surface area contributed by atoms with E-state index in [1.54, 1.807) is 72.8 Å². The minimum Gasteiger partial charge on any atom is -0.497 e. The molecule has 2 saturated carbocycles. The highest BCUT2D eigenvalue weighted by Gasteiger charge is 2.79. The van der Waals surface area contributed by atoms with Crippen LogP contribution in [0, 0.1) is 16.7 Å². The summed E-state index contributed by atoms with van der Waals surface area (Å²) in [6, 6.07) is 21.0. The molecule has 2 bridgehead atoms. The molecule has 19 nitrogen and oxygen atoms in total. The average Bonchev–Trinajstić information content (AvgIpc) is 2.20. The number of Topliss-reactive ketones (excluding diaryl/α,β-unsaturated/α-hetero) is 1. The fraction of sp³-hybridized carbons (Fsp3) is 0.500. The van der Waals surface area contributed by atoms with Crippen molar-refractivity contribution in [3.63, 3.8) is 0 Å². The molecule has 1 unspecified atom stereocenters. The quantitative estimate of drug-likeness (QED) is 0.0769. The molecule has 2 saturated heterocycles. The molecule has 2 aliphatic heterocycles. The van der Waals surface area contributed by atoms with Crippen LogP contribution in [0.2, 0.25) is 0 Å². The molecular weight excluding hydrogens is 1160 g/mol. The lowest BCUT2D eigenvalue weighted by Crippen LogP contribution is -2.82. The Morgan fingerprint density at radius 1 is 0.772 bits per heavy atom. The fourth-order valence-corrected chi connectivity index (χ4v) is 12.2. The molecule has 426 valence electrons. The van der Waals surface area contributed by atoms with E-state index in [0.29, 0.717) is 16.9 Å². The number of alkyl halides is 6. The Morgan fingerprint density at radius 3 is 1.94 bits per heavy atom. The normalized spacial score (nSPS) is 30.9. The van der Waals surface area contributed by atoms with Gasteiger partial charge < -0.3 is 52.5 Å². The standard InChI is InChI=1S/C54H55Cl6NO18/c1-27-34(75-46(66)40-38(30-14-10-8-11-15-30)61(47(67)72-25-53(55,56)57)44(77-40)31-18-20-33(70-7)21-19-31)23-52(69)43(78-45(65)32-16-12-9-13-17-32)41-50(6,42(64)39(74-28(2)62)37(27)49(52,4)5)35(76-48(68)73-26-54(58,59)60)22-36-51(41,24-71-36)79-29(3)63/h8-21,34-36,38-41,43-44,69H,22-26H2,1-7H3/t34-,35-,36+,38-,39+,40+,41-,43-,44?,50+,51-,52+/m0/s1. The summed E-state index contributed by atoms with van der Waals surface area (Å²) in [6.45, 7) is 6.04. The highest BCUT2D eigenvalue weighted by atomic mass is 35.6. The SMILES string of the molecule is COc1ccc(C2O[C@@H](C(=O)O[C@H]3C[C@@]4(O)[C@@H](OC(=O)c5ccccc5)[C@@H]5[C@]6(OC(C)=O)CO[C@@H]6C[C@H](OC(=O)OCC(Cl)(Cl)Cl)[C@@]5(C)C(=O)[C@H](OC(C)=O)C(=C3C)C4(C)C)[C@H](c3ccccc3)N2C(=O)OCC(Cl)(Cl)Cl)cc1. The van der Waals surface area contributed by atoms with Gasteiger partial charge in [-0.3, -0.25) is 19.3 Å². The fourth-order valence-electron chi connectivity index (χ4n) is 11.8. The van der Waals surface area contributed by atoms with Crippen molar-refractivity contribution in [2.75, 3.05) is 26.9 Å². The van der Waals surface area contributed by atoms with Gasteiger partial charge in [-0.2, -0.15) is 0 Å². The number of methoxy groups -OCH3 is 1. The molecule has 3 aliphatic carbocycles. The Labute approximate surface area is 484 Å². The van der Waals surface area contributed by atoms with E-state index in [1.807, 2.05) is 0 Å². The minimum atomic E-state index is -2.57. The Kier molecular flexibility index (Phi) is 17.2. The van der Waals surface area contributed by atoms with Crippen LogP contribution in [0.5, 0.6) is 5.75 Å². The third-order valence-electron chi connectivity index (χ3n) is 15.5. The van der Waals surface area contributed by atoms with E-state index in [2.05, 4.69) is 0 Å². The molecule has 0 aromatic heterocycles. The molecule has 3 aromatic rings. The Bertz CT molecular complexity index is 2880. The van der Waals surface area contributed by atoms with Crippen molar-refractivity contribution in [2.24, 2.45) is 16.7 Å². The number of amides is 1. The summed E-state index contributed by atoms with van der Waals surface area (Å²) in [4.78, 5) is 102. The number of benzene rings is 3. The van der Waals surface area contributed by atoms with E-state index >= 15 is 9.59 Å². The van der Waals surface area contributed by atoms with Crippen molar-refractivity contribution in [3.8, 4) is 5.75 Å². The lowest BCUT2D eigenvalue weighted by atomic mass is 9.44. The van der Waals surface area contributed by atoms with Crippen LogP contribution >= 0.6 is 69.6 Å². The molecule has 4 fully saturated rings. The third kappa shape index (κ3) is 11.6. The van der Waals surface area contributed by atoms with Crippen molar-refractivity contribution in [2.45, 2.75) is 122 Å². The second-order valence-electron chi connectivity index (χ2n) is 20.5. The van der Waals surface area contributed by atoms with E-state index in [1.165, 1.54) is 46.9 Å². The lowest BCUT2D eigenvalue weighted by Gasteiger charge is -2.67. The molecule has 0 radical (unpaired) electrons. The maximum Gasteiger partial charge on any atom is 0.508 e. The number of ketones is 1. The number of rotatable bonds is 12. The van der Waals surface area contributed by atoms with Gasteiger partial charge in [0.2, 0.25) is 7.59 Å². The summed E-state index contributed by atoms with van der Waals surface area (Å²) in [7, 11) is 1.46. The topological polar surface area (TPSA) is 235 Å². The van der Waals surface area contributed by atoms with E-state index < -0.39 is 153 Å². The molecule has 25 heteroatoms. The van der Waals surface area contributed by atoms with E-state index in [9.17, 15) is 29.1 Å². The summed E-state index contributed by atoms with van der Waals surface area (Å²) in [5.74, 6) is -6.31. The molecule has 1 N–H and O–H groups in total. The van der Waals surface area contributed by atoms with Crippen LogP contribution in [-0.2, 0) is 61.8 Å². The summed E-state index contributed by atoms with van der Waals surface area (Å²) >= 11 is 35.8. The number of hydrogen-bond acceptors (Lipinski definition) is 18. The number of carbonyl (C=O) groups excluding carboxylic acids is 7. The van der Waals surface area contributed by atoms with E-state index in [4.69, 9.17) is 117 Å². The summed E-state index contributed by atoms with van der Waals surface area (Å²) in [5.41, 5.74) is -7.97. The monoisotopic (exact) mass is 1220 g/mol. The van der Waals surface area contributed by atoms with Gasteiger partial charge in [0.15, 0.2) is 29.8 Å². The first-order chi connectivity index (χ1) is 37.0. The Morgan fingerprint density at radius 2 is 1.38 bits per heavy atom. The average molecular weight is 1220 g/mol. The van der Waals surface area contributed by atoms with Gasteiger partial charge in [0, 0.05) is 37.7 Å². The minimum absolute atomic E-state index is 0.0157. The van der Waals surface area contributed by atoms with Gasteiger partial charge in [-0.1, -0.05) is 144 Å². The predicted octanol–water partition coefficient (Wildman–Crippen LogP) is 9.39. The van der Waals surface area contributed by atoms with Crippen LogP contribution < -0.4 is 4.74 Å². The van der Waals surface area contributed by atoms with Gasteiger partial charge in [-0.15, -0.1) is 0 Å². The summed E-state index contributed by atoms with van der Waals surface area (Å²) < 4.78 is 55.7. The lowest BCUT2D eigenvalue weighted by molar-refractivity contribution is -0.346. The largest absolute Gasteiger partial charge is 0.508 e. The molecule has 2 heterocycles. The Balaban J connectivity index is 1.32. The summed E-state index contributed by atoms with van der Waals surface area (Å²) in [5, 5.41) is 14.2. The van der Waals surface area contributed by atoms with E-state index in [0.717, 1.165) is 18.7 Å². The van der Waals surface area contributed by atoms with Crippen molar-refractivity contribution in [3.05, 3.63) is 113 Å². The van der Waals surface area contributed by atoms with Crippen LogP contribution in [0.15, 0.2) is 96.1 Å². The van der Waals surface area contributed by atoms with Crippen LogP contribution in [0.4, 0.5) is 9.59 Å². The van der Waals surface area contributed by atoms with Crippen LogP contribution in [-0.4, -0.2) is 134 Å². The smallest absolute Gasteiger partial charge is 0.497 e. The number of halogens is 6. The van der Waals surface area contributed by atoms with Gasteiger partial charge in [0.25, 0.3) is 0 Å². The van der Waals surface area contributed by atoms with Crippen LogP contribution in [0.25, 0.3) is 0 Å². The van der Waals surface area contributed by atoms with Gasteiger partial charge >= 0.3 is 36.1 Å². The molecule has 5 aliphatic rings. The number of ether oxygens (including phenoxy) is 10. The van der Waals surface area contributed by atoms with Crippen molar-refractivity contribution in [1.29, 1.82) is 0 Å². The Hall–Kier alpha value is -5.09. The summed E-state index contributed by atoms with van der Waals surface area (Å²) in [6.07, 6.45) is -15.1. The van der Waals surface area contributed by atoms with Gasteiger partial charge in [0.1, 0.15) is 55.0 Å². The number of fused-ring (bicyclic) bond motifs is 5. The molecule has 8 rings (SSSR count). The molecule has 12 atom stereocenters. The van der Waals surface area contributed by atoms with Gasteiger partial charge in [-0.25, -0.2) is 19.2 Å². The van der Waals surface area contributed by atoms with Crippen LogP contribution in [0.3, 0.4) is 0 Å². The second kappa shape index (κ2) is 22.7. The van der Waals surface area contributed by atoms with Gasteiger partial charge in [-0.05, 0) is 54.8 Å². The number of esters is 4. The number of aliphatic hydroxyl groups is 1. The second-order valence-corrected chi connectivity index (χ2v) is 25.6. The zero-order chi connectivity index (χ0) is 57.8. The first kappa shape index (κ1) is 60.0. The maximum absolute atomic E-state index is 16.3. The molecule has 1 amide bonds. The molecule has 79 heavy (non-hydrogen) atoms.